The van der Waals surface area contributed by atoms with Gasteiger partial charge in [0.2, 0.25) is 0 Å². The molecule has 1 atom stereocenters. The minimum atomic E-state index is 0.588. The van der Waals surface area contributed by atoms with E-state index in [1.807, 2.05) is 24.3 Å². The molecule has 3 heteroatoms. The van der Waals surface area contributed by atoms with Crippen LogP contribution in [0.2, 0.25) is 0 Å². The molecule has 0 aliphatic rings. The highest BCUT2D eigenvalue weighted by Gasteiger charge is 2.00. The predicted molar refractivity (Wildman–Crippen MR) is 81.2 cm³/mol. The average molecular weight is 314 g/mol. The van der Waals surface area contributed by atoms with Crippen molar-refractivity contribution in [2.75, 3.05) is 13.2 Å². The Balaban J connectivity index is 2.05. The quantitative estimate of drug-likeness (QED) is 0.683. The molecule has 18 heavy (non-hydrogen) atoms. The summed E-state index contributed by atoms with van der Waals surface area (Å²) in [6, 6.07) is 8.54. The summed E-state index contributed by atoms with van der Waals surface area (Å²) < 4.78 is 6.73. The first kappa shape index (κ1) is 15.5. The number of benzene rings is 1. The summed E-state index contributed by atoms with van der Waals surface area (Å²) in [7, 11) is 0. The van der Waals surface area contributed by atoms with Crippen molar-refractivity contribution in [3.8, 4) is 5.75 Å². The zero-order chi connectivity index (χ0) is 13.2. The Bertz CT molecular complexity index is 313. The van der Waals surface area contributed by atoms with Crippen LogP contribution in [0.1, 0.15) is 39.5 Å². The highest BCUT2D eigenvalue weighted by Crippen LogP contribution is 2.15. The molecule has 0 amide bonds. The molecule has 0 saturated carbocycles. The van der Waals surface area contributed by atoms with Crippen molar-refractivity contribution in [1.82, 2.24) is 5.32 Å². The minimum Gasteiger partial charge on any atom is -0.492 e. The first-order valence-electron chi connectivity index (χ1n) is 6.84. The van der Waals surface area contributed by atoms with Crippen LogP contribution in [0.25, 0.3) is 0 Å². The summed E-state index contributed by atoms with van der Waals surface area (Å²) in [6.45, 7) is 6.11. The van der Waals surface area contributed by atoms with Gasteiger partial charge in [0.25, 0.3) is 0 Å². The third-order valence-corrected chi connectivity index (χ3v) is 3.45. The Labute approximate surface area is 119 Å². The molecule has 0 fully saturated rings. The molecule has 1 aromatic rings. The lowest BCUT2D eigenvalue weighted by atomic mass is 10.1. The van der Waals surface area contributed by atoms with E-state index in [0.717, 1.165) is 23.4 Å². The predicted octanol–water partition coefficient (Wildman–Crippen LogP) is 4.39. The second kappa shape index (κ2) is 9.40. The summed E-state index contributed by atoms with van der Waals surface area (Å²) in [5.41, 5.74) is 0. The van der Waals surface area contributed by atoms with Gasteiger partial charge in [-0.05, 0) is 37.6 Å². The van der Waals surface area contributed by atoms with Crippen LogP contribution < -0.4 is 10.1 Å². The number of ether oxygens (including phenoxy) is 1. The molecule has 0 bridgehead atoms. The third kappa shape index (κ3) is 7.02. The van der Waals surface area contributed by atoms with Crippen molar-refractivity contribution >= 4 is 15.9 Å². The molecular formula is C15H24BrNO. The van der Waals surface area contributed by atoms with Gasteiger partial charge in [0, 0.05) is 17.1 Å². The number of hydrogen-bond donors (Lipinski definition) is 1. The van der Waals surface area contributed by atoms with E-state index >= 15 is 0 Å². The van der Waals surface area contributed by atoms with Crippen molar-refractivity contribution in [1.29, 1.82) is 0 Å². The van der Waals surface area contributed by atoms with Crippen LogP contribution >= 0.6 is 15.9 Å². The Morgan fingerprint density at radius 3 is 2.61 bits per heavy atom. The molecule has 0 heterocycles. The summed E-state index contributed by atoms with van der Waals surface area (Å²) in [4.78, 5) is 0. The van der Waals surface area contributed by atoms with Crippen LogP contribution in [0.5, 0.6) is 5.75 Å². The maximum absolute atomic E-state index is 5.65. The van der Waals surface area contributed by atoms with E-state index in [4.69, 9.17) is 4.74 Å². The molecule has 0 aliphatic heterocycles. The normalized spacial score (nSPS) is 12.4. The lowest BCUT2D eigenvalue weighted by Crippen LogP contribution is -2.30. The Kier molecular flexibility index (Phi) is 8.10. The first-order chi connectivity index (χ1) is 8.72. The number of halogens is 1. The topological polar surface area (TPSA) is 21.3 Å². The van der Waals surface area contributed by atoms with Gasteiger partial charge in [-0.2, -0.15) is 0 Å². The summed E-state index contributed by atoms with van der Waals surface area (Å²) >= 11 is 3.41. The van der Waals surface area contributed by atoms with Crippen LogP contribution in [0.4, 0.5) is 0 Å². The molecule has 102 valence electrons. The van der Waals surface area contributed by atoms with Gasteiger partial charge in [0.15, 0.2) is 0 Å². The van der Waals surface area contributed by atoms with Gasteiger partial charge in [-0.15, -0.1) is 0 Å². The molecule has 1 N–H and O–H groups in total. The van der Waals surface area contributed by atoms with E-state index in [9.17, 15) is 0 Å². The molecule has 1 aromatic carbocycles. The van der Waals surface area contributed by atoms with Crippen LogP contribution in [0.3, 0.4) is 0 Å². The van der Waals surface area contributed by atoms with Crippen molar-refractivity contribution < 1.29 is 4.74 Å². The second-order valence-corrected chi connectivity index (χ2v) is 5.57. The van der Waals surface area contributed by atoms with Crippen molar-refractivity contribution in [2.45, 2.75) is 45.6 Å². The fourth-order valence-electron chi connectivity index (χ4n) is 1.81. The van der Waals surface area contributed by atoms with Gasteiger partial charge >= 0.3 is 0 Å². The largest absolute Gasteiger partial charge is 0.492 e. The summed E-state index contributed by atoms with van der Waals surface area (Å²) in [5.74, 6) is 0.929. The Morgan fingerprint density at radius 2 is 1.94 bits per heavy atom. The molecular weight excluding hydrogens is 290 g/mol. The van der Waals surface area contributed by atoms with Gasteiger partial charge in [-0.3, -0.25) is 0 Å². The molecule has 0 saturated heterocycles. The zero-order valence-corrected chi connectivity index (χ0v) is 13.0. The lowest BCUT2D eigenvalue weighted by Gasteiger charge is -2.14. The smallest absolute Gasteiger partial charge is 0.119 e. The van der Waals surface area contributed by atoms with Gasteiger partial charge in [-0.1, -0.05) is 42.1 Å². The third-order valence-electron chi connectivity index (χ3n) is 2.92. The van der Waals surface area contributed by atoms with Crippen LogP contribution in [0, 0.1) is 0 Å². The van der Waals surface area contributed by atoms with Crippen LogP contribution in [0.15, 0.2) is 28.7 Å². The van der Waals surface area contributed by atoms with Gasteiger partial charge in [0.1, 0.15) is 12.4 Å². The summed E-state index contributed by atoms with van der Waals surface area (Å²) in [5, 5.41) is 3.49. The van der Waals surface area contributed by atoms with Crippen LogP contribution in [-0.4, -0.2) is 19.2 Å². The monoisotopic (exact) mass is 313 g/mol. The molecule has 0 aromatic heterocycles. The van der Waals surface area contributed by atoms with Gasteiger partial charge in [-0.25, -0.2) is 0 Å². The lowest BCUT2D eigenvalue weighted by molar-refractivity contribution is 0.304. The van der Waals surface area contributed by atoms with E-state index in [1.54, 1.807) is 0 Å². The SMILES string of the molecule is CCCCCC(C)NCCOc1ccc(Br)cc1. The maximum Gasteiger partial charge on any atom is 0.119 e. The van der Waals surface area contributed by atoms with Gasteiger partial charge < -0.3 is 10.1 Å². The zero-order valence-electron chi connectivity index (χ0n) is 11.4. The Hall–Kier alpha value is -0.540. The minimum absolute atomic E-state index is 0.588. The molecule has 2 nitrogen and oxygen atoms in total. The number of nitrogens with one attached hydrogen (secondary N) is 1. The van der Waals surface area contributed by atoms with Crippen molar-refractivity contribution in [2.24, 2.45) is 0 Å². The second-order valence-electron chi connectivity index (χ2n) is 4.65. The molecule has 0 aliphatic carbocycles. The first-order valence-corrected chi connectivity index (χ1v) is 7.63. The fourth-order valence-corrected chi connectivity index (χ4v) is 2.07. The molecule has 0 radical (unpaired) electrons. The molecule has 1 rings (SSSR count). The van der Waals surface area contributed by atoms with Crippen molar-refractivity contribution in [3.63, 3.8) is 0 Å². The molecule has 1 unspecified atom stereocenters. The van der Waals surface area contributed by atoms with E-state index in [0.29, 0.717) is 6.04 Å². The Morgan fingerprint density at radius 1 is 1.22 bits per heavy atom. The number of hydrogen-bond acceptors (Lipinski definition) is 2. The maximum atomic E-state index is 5.65. The standard InChI is InChI=1S/C15H24BrNO/c1-3-4-5-6-13(2)17-11-12-18-15-9-7-14(16)8-10-15/h7-10,13,17H,3-6,11-12H2,1-2H3. The van der Waals surface area contributed by atoms with E-state index in [2.05, 4.69) is 35.1 Å². The highest BCUT2D eigenvalue weighted by atomic mass is 79.9. The van der Waals surface area contributed by atoms with E-state index < -0.39 is 0 Å². The summed E-state index contributed by atoms with van der Waals surface area (Å²) in [6.07, 6.45) is 5.20. The fraction of sp³-hybridized carbons (Fsp3) is 0.600. The number of unbranched alkanes of at least 4 members (excludes halogenated alkanes) is 2. The number of rotatable bonds is 9. The molecule has 0 spiro atoms. The van der Waals surface area contributed by atoms with Gasteiger partial charge in [0.05, 0.1) is 0 Å². The van der Waals surface area contributed by atoms with E-state index in [-0.39, 0.29) is 0 Å². The van der Waals surface area contributed by atoms with Crippen molar-refractivity contribution in [3.05, 3.63) is 28.7 Å². The average Bonchev–Trinajstić information content (AvgIpc) is 2.37. The van der Waals surface area contributed by atoms with Crippen LogP contribution in [-0.2, 0) is 0 Å². The van der Waals surface area contributed by atoms with E-state index in [1.165, 1.54) is 25.7 Å². The highest BCUT2D eigenvalue weighted by molar-refractivity contribution is 9.10.